The van der Waals surface area contributed by atoms with Crippen molar-refractivity contribution in [3.63, 3.8) is 0 Å². The van der Waals surface area contributed by atoms with Crippen LogP contribution in [0.1, 0.15) is 16.7 Å². The molecule has 0 spiro atoms. The van der Waals surface area contributed by atoms with Crippen molar-refractivity contribution in [1.29, 1.82) is 0 Å². The molecule has 7 aromatic carbocycles. The first-order valence-corrected chi connectivity index (χ1v) is 19.4. The van der Waals surface area contributed by atoms with Gasteiger partial charge in [0, 0.05) is 28.2 Å². The monoisotopic (exact) mass is 694 g/mol. The Balaban J connectivity index is 1.23. The van der Waals surface area contributed by atoms with E-state index in [1.807, 2.05) is 0 Å². The molecule has 2 unspecified atom stereocenters. The molecule has 2 aromatic heterocycles. The van der Waals surface area contributed by atoms with Gasteiger partial charge in [-0.25, -0.2) is 0 Å². The predicted molar refractivity (Wildman–Crippen MR) is 225 cm³/mol. The molecule has 0 radical (unpaired) electrons. The molecule has 11 rings (SSSR count). The Labute approximate surface area is 311 Å². The summed E-state index contributed by atoms with van der Waals surface area (Å²) in [6.07, 6.45) is 9.25. The summed E-state index contributed by atoms with van der Waals surface area (Å²) in [5.74, 6) is 0.412. The predicted octanol–water partition coefficient (Wildman–Crippen LogP) is 12.4. The van der Waals surface area contributed by atoms with Crippen LogP contribution >= 0.6 is 11.3 Å². The Bertz CT molecular complexity index is 3080. The van der Waals surface area contributed by atoms with Gasteiger partial charge in [0.25, 0.3) is 0 Å². The molecule has 2 aliphatic carbocycles. The maximum Gasteiger partial charge on any atom is 0.142 e. The SMILES string of the molecule is Cc1cscc1C1=c2ccccc2=C(c2cccc3c2oc2cccc(-c4c5ccccc5c(-c5ccccc5)c5ccccc45)c23)C2C=CC=CC12. The molecule has 0 fully saturated rings. The number of aryl methyl sites for hydroxylation is 1. The van der Waals surface area contributed by atoms with Gasteiger partial charge < -0.3 is 4.42 Å². The van der Waals surface area contributed by atoms with Crippen LogP contribution < -0.4 is 10.4 Å². The number of allylic oxidation sites excluding steroid dienone is 4. The third kappa shape index (κ3) is 4.49. The highest BCUT2D eigenvalue weighted by atomic mass is 32.1. The molecule has 9 aromatic rings. The normalized spacial score (nSPS) is 16.5. The summed E-state index contributed by atoms with van der Waals surface area (Å²) in [4.78, 5) is 0. The number of thiophene rings is 1. The molecule has 0 saturated carbocycles. The van der Waals surface area contributed by atoms with E-state index in [1.165, 1.54) is 82.1 Å². The van der Waals surface area contributed by atoms with Gasteiger partial charge in [-0.15, -0.1) is 0 Å². The van der Waals surface area contributed by atoms with Gasteiger partial charge in [-0.1, -0.05) is 158 Å². The highest BCUT2D eigenvalue weighted by Gasteiger charge is 2.34. The smallest absolute Gasteiger partial charge is 0.142 e. The molecule has 0 aliphatic heterocycles. The van der Waals surface area contributed by atoms with E-state index in [0.29, 0.717) is 0 Å². The van der Waals surface area contributed by atoms with Crippen LogP contribution in [-0.4, -0.2) is 0 Å². The van der Waals surface area contributed by atoms with Crippen molar-refractivity contribution in [2.24, 2.45) is 11.8 Å². The molecule has 0 N–H and O–H groups in total. The number of para-hydroxylation sites is 1. The summed E-state index contributed by atoms with van der Waals surface area (Å²) in [7, 11) is 0. The molecule has 1 nitrogen and oxygen atoms in total. The Kier molecular flexibility index (Phi) is 6.84. The van der Waals surface area contributed by atoms with Gasteiger partial charge in [0.05, 0.1) is 0 Å². The largest absolute Gasteiger partial charge is 0.455 e. The standard InChI is InChI=1S/C51H34OS/c1-31-29-53-30-44(31)49-39-23-11-9-21-37(39)48(38-22-10-12-24-40(38)49)42-26-13-27-43-50-41(25-14-28-45(50)52-51(42)43)47-35-19-7-5-17-33(35)46(32-15-3-2-4-16-32)34-18-6-8-20-36(34)47/h2-30,37,39H,1H3. The van der Waals surface area contributed by atoms with Crippen LogP contribution in [0.2, 0.25) is 0 Å². The second-order valence-electron chi connectivity index (χ2n) is 14.3. The number of furan rings is 1. The van der Waals surface area contributed by atoms with E-state index in [2.05, 4.69) is 182 Å². The van der Waals surface area contributed by atoms with Crippen molar-refractivity contribution in [3.8, 4) is 22.3 Å². The molecular weight excluding hydrogens is 661 g/mol. The minimum Gasteiger partial charge on any atom is -0.455 e. The lowest BCUT2D eigenvalue weighted by molar-refractivity contribution is 0.659. The molecular formula is C51H34OS. The van der Waals surface area contributed by atoms with Crippen LogP contribution in [0.4, 0.5) is 0 Å². The Morgan fingerprint density at radius 2 is 1.02 bits per heavy atom. The fourth-order valence-electron chi connectivity index (χ4n) is 9.36. The lowest BCUT2D eigenvalue weighted by Crippen LogP contribution is -2.40. The van der Waals surface area contributed by atoms with Gasteiger partial charge >= 0.3 is 0 Å². The lowest BCUT2D eigenvalue weighted by Gasteiger charge is -2.33. The summed E-state index contributed by atoms with van der Waals surface area (Å²) in [5.41, 5.74) is 13.4. The molecule has 0 amide bonds. The summed E-state index contributed by atoms with van der Waals surface area (Å²) >= 11 is 1.79. The fraction of sp³-hybridized carbons (Fsp3) is 0.0588. The Hall–Kier alpha value is -6.22. The first-order chi connectivity index (χ1) is 26.3. The molecule has 2 atom stereocenters. The van der Waals surface area contributed by atoms with Gasteiger partial charge in [-0.3, -0.25) is 0 Å². The number of hydrogen-bond donors (Lipinski definition) is 0. The maximum atomic E-state index is 7.06. The number of hydrogen-bond acceptors (Lipinski definition) is 2. The molecule has 0 bridgehead atoms. The van der Waals surface area contributed by atoms with E-state index >= 15 is 0 Å². The van der Waals surface area contributed by atoms with Gasteiger partial charge in [-0.2, -0.15) is 11.3 Å². The second kappa shape index (κ2) is 11.9. The van der Waals surface area contributed by atoms with Crippen molar-refractivity contribution in [1.82, 2.24) is 0 Å². The molecule has 250 valence electrons. The third-order valence-electron chi connectivity index (χ3n) is 11.5. The quantitative estimate of drug-likeness (QED) is 0.167. The first kappa shape index (κ1) is 30.4. The fourth-order valence-corrected chi connectivity index (χ4v) is 10.2. The summed E-state index contributed by atoms with van der Waals surface area (Å²) in [5, 5.41) is 14.5. The average molecular weight is 695 g/mol. The highest BCUT2D eigenvalue weighted by Crippen LogP contribution is 2.49. The van der Waals surface area contributed by atoms with E-state index < -0.39 is 0 Å². The second-order valence-corrected chi connectivity index (χ2v) is 15.1. The zero-order valence-electron chi connectivity index (χ0n) is 29.2. The van der Waals surface area contributed by atoms with Gasteiger partial charge in [0.1, 0.15) is 11.2 Å². The summed E-state index contributed by atoms with van der Waals surface area (Å²) < 4.78 is 7.06. The number of fused-ring (bicyclic) bond motifs is 7. The number of benzene rings is 7. The third-order valence-corrected chi connectivity index (χ3v) is 12.4. The van der Waals surface area contributed by atoms with E-state index in [1.54, 1.807) is 11.3 Å². The molecule has 53 heavy (non-hydrogen) atoms. The lowest BCUT2D eigenvalue weighted by atomic mass is 9.70. The zero-order valence-corrected chi connectivity index (χ0v) is 30.0. The van der Waals surface area contributed by atoms with Gasteiger partial charge in [0.15, 0.2) is 0 Å². The summed E-state index contributed by atoms with van der Waals surface area (Å²) in [6.45, 7) is 2.24. The van der Waals surface area contributed by atoms with Crippen LogP contribution in [0.15, 0.2) is 179 Å². The van der Waals surface area contributed by atoms with Crippen LogP contribution in [-0.2, 0) is 0 Å². The van der Waals surface area contributed by atoms with Crippen molar-refractivity contribution in [3.05, 3.63) is 202 Å². The van der Waals surface area contributed by atoms with Gasteiger partial charge in [-0.05, 0) is 100 Å². The molecule has 0 saturated heterocycles. The van der Waals surface area contributed by atoms with E-state index in [4.69, 9.17) is 4.42 Å². The first-order valence-electron chi connectivity index (χ1n) is 18.4. The van der Waals surface area contributed by atoms with E-state index in [9.17, 15) is 0 Å². The van der Waals surface area contributed by atoms with Crippen LogP contribution in [0, 0.1) is 18.8 Å². The molecule has 2 aliphatic rings. The van der Waals surface area contributed by atoms with Crippen molar-refractivity contribution in [2.45, 2.75) is 6.92 Å². The minimum atomic E-state index is 0.181. The van der Waals surface area contributed by atoms with Gasteiger partial charge in [0.2, 0.25) is 0 Å². The van der Waals surface area contributed by atoms with E-state index in [0.717, 1.165) is 21.9 Å². The van der Waals surface area contributed by atoms with Crippen molar-refractivity contribution in [2.75, 3.05) is 0 Å². The van der Waals surface area contributed by atoms with Crippen LogP contribution in [0.3, 0.4) is 0 Å². The average Bonchev–Trinajstić information content (AvgIpc) is 3.82. The Morgan fingerprint density at radius 3 is 1.66 bits per heavy atom. The Morgan fingerprint density at radius 1 is 0.472 bits per heavy atom. The molecule has 2 heterocycles. The maximum absolute atomic E-state index is 7.06. The minimum absolute atomic E-state index is 0.181. The summed E-state index contributed by atoms with van der Waals surface area (Å²) in [6, 6.07) is 51.0. The van der Waals surface area contributed by atoms with Crippen LogP contribution in [0.5, 0.6) is 0 Å². The number of rotatable bonds is 4. The van der Waals surface area contributed by atoms with Crippen molar-refractivity contribution < 1.29 is 4.42 Å². The topological polar surface area (TPSA) is 13.1 Å². The molecule has 2 heteroatoms. The zero-order chi connectivity index (χ0) is 35.0. The van der Waals surface area contributed by atoms with Crippen LogP contribution in [0.25, 0.3) is 76.9 Å². The van der Waals surface area contributed by atoms with E-state index in [-0.39, 0.29) is 11.8 Å². The highest BCUT2D eigenvalue weighted by molar-refractivity contribution is 7.08. The van der Waals surface area contributed by atoms with Crippen molar-refractivity contribution >= 4 is 66.0 Å².